The summed E-state index contributed by atoms with van der Waals surface area (Å²) in [6.45, 7) is 9.52. The van der Waals surface area contributed by atoms with Crippen molar-refractivity contribution in [3.05, 3.63) is 0 Å². The van der Waals surface area contributed by atoms with Crippen molar-refractivity contribution in [1.29, 1.82) is 0 Å². The van der Waals surface area contributed by atoms with Gasteiger partial charge < -0.3 is 15.5 Å². The number of carbonyl (C=O) groups excluding carboxylic acids is 1. The second kappa shape index (κ2) is 10.1. The average molecular weight is 469 g/mol. The molecular formula is C16H32IN5OS. The van der Waals surface area contributed by atoms with E-state index in [1.165, 1.54) is 0 Å². The van der Waals surface area contributed by atoms with Gasteiger partial charge in [0.2, 0.25) is 5.91 Å². The fourth-order valence-electron chi connectivity index (χ4n) is 2.52. The molecule has 2 fully saturated rings. The Morgan fingerprint density at radius 3 is 2.38 bits per heavy atom. The van der Waals surface area contributed by atoms with E-state index >= 15 is 0 Å². The number of nitrogens with one attached hydrogen (secondary N) is 2. The lowest BCUT2D eigenvalue weighted by molar-refractivity contribution is -0.122. The number of aliphatic imine (C=N–C) groups is 1. The van der Waals surface area contributed by atoms with Crippen molar-refractivity contribution in [1.82, 2.24) is 20.4 Å². The predicted molar refractivity (Wildman–Crippen MR) is 114 cm³/mol. The van der Waals surface area contributed by atoms with Gasteiger partial charge in [-0.1, -0.05) is 0 Å². The van der Waals surface area contributed by atoms with Crippen LogP contribution in [-0.4, -0.2) is 85.0 Å². The molecule has 0 aromatic heterocycles. The fraction of sp³-hybridized carbons (Fsp3) is 0.875. The largest absolute Gasteiger partial charge is 0.355 e. The maximum Gasteiger partial charge on any atom is 0.234 e. The van der Waals surface area contributed by atoms with E-state index in [0.717, 1.165) is 51.5 Å². The van der Waals surface area contributed by atoms with Crippen molar-refractivity contribution in [2.45, 2.75) is 37.5 Å². The zero-order valence-electron chi connectivity index (χ0n) is 15.3. The van der Waals surface area contributed by atoms with Gasteiger partial charge in [0.05, 0.1) is 6.54 Å². The molecule has 0 aromatic rings. The van der Waals surface area contributed by atoms with Gasteiger partial charge in [0.25, 0.3) is 0 Å². The number of halogens is 1. The molecule has 1 saturated heterocycles. The summed E-state index contributed by atoms with van der Waals surface area (Å²) in [4.78, 5) is 20.8. The second-order valence-corrected chi connectivity index (χ2v) is 8.48. The van der Waals surface area contributed by atoms with Crippen molar-refractivity contribution in [2.75, 3.05) is 52.6 Å². The molecule has 0 unspecified atom stereocenters. The number of nitrogens with zero attached hydrogens (tertiary/aromatic N) is 3. The van der Waals surface area contributed by atoms with Crippen LogP contribution in [0, 0.1) is 0 Å². The summed E-state index contributed by atoms with van der Waals surface area (Å²) in [6.07, 6.45) is 4.43. The summed E-state index contributed by atoms with van der Waals surface area (Å²) < 4.78 is 0.193. The Labute approximate surface area is 167 Å². The third-order valence-corrected chi connectivity index (χ3v) is 5.67. The summed E-state index contributed by atoms with van der Waals surface area (Å²) in [6, 6.07) is 0.451. The van der Waals surface area contributed by atoms with Crippen LogP contribution in [0.5, 0.6) is 0 Å². The van der Waals surface area contributed by atoms with Crippen LogP contribution < -0.4 is 10.6 Å². The van der Waals surface area contributed by atoms with E-state index in [0.29, 0.717) is 12.6 Å². The number of carbonyl (C=O) groups is 1. The Balaban J connectivity index is 0.00000288. The highest BCUT2D eigenvalue weighted by molar-refractivity contribution is 14.0. The van der Waals surface area contributed by atoms with Gasteiger partial charge in [-0.2, -0.15) is 11.8 Å². The molecule has 0 aromatic carbocycles. The lowest BCUT2D eigenvalue weighted by Crippen LogP contribution is -2.55. The molecule has 2 rings (SSSR count). The monoisotopic (exact) mass is 469 g/mol. The van der Waals surface area contributed by atoms with Gasteiger partial charge in [0.15, 0.2) is 5.96 Å². The molecule has 8 heteroatoms. The highest BCUT2D eigenvalue weighted by atomic mass is 127. The van der Waals surface area contributed by atoms with Crippen LogP contribution in [0.3, 0.4) is 0 Å². The molecular weight excluding hydrogens is 437 g/mol. The van der Waals surface area contributed by atoms with Crippen molar-refractivity contribution < 1.29 is 4.79 Å². The molecule has 1 amide bonds. The van der Waals surface area contributed by atoms with Gasteiger partial charge in [-0.3, -0.25) is 14.7 Å². The first-order valence-electron chi connectivity index (χ1n) is 8.46. The molecule has 0 radical (unpaired) electrons. The van der Waals surface area contributed by atoms with Crippen LogP contribution >= 0.6 is 35.7 Å². The standard InChI is InChI=1S/C16H31N5OS.HI/c1-16(2,23-4)12-18-15(17-3)21-9-7-20(8-10-21)11-14(22)19-13-5-6-13;/h13H,5-12H2,1-4H3,(H,17,18)(H,19,22);1H. The number of guanidine groups is 1. The third-order valence-electron chi connectivity index (χ3n) is 4.42. The number of thioether (sulfide) groups is 1. The van der Waals surface area contributed by atoms with Crippen molar-refractivity contribution >= 4 is 47.6 Å². The number of amides is 1. The van der Waals surface area contributed by atoms with Crippen molar-refractivity contribution in [2.24, 2.45) is 4.99 Å². The van der Waals surface area contributed by atoms with Crippen LogP contribution in [0.1, 0.15) is 26.7 Å². The molecule has 0 spiro atoms. The van der Waals surface area contributed by atoms with Gasteiger partial charge in [-0.25, -0.2) is 0 Å². The Bertz CT molecular complexity index is 434. The van der Waals surface area contributed by atoms with E-state index in [9.17, 15) is 4.79 Å². The Kier molecular flexibility index (Phi) is 9.14. The highest BCUT2D eigenvalue weighted by Gasteiger charge is 2.26. The number of hydrogen-bond donors (Lipinski definition) is 2. The van der Waals surface area contributed by atoms with Gasteiger partial charge in [0, 0.05) is 50.6 Å². The zero-order valence-corrected chi connectivity index (χ0v) is 18.4. The summed E-state index contributed by atoms with van der Waals surface area (Å²) in [5.41, 5.74) is 0. The predicted octanol–water partition coefficient (Wildman–Crippen LogP) is 1.22. The van der Waals surface area contributed by atoms with Crippen molar-refractivity contribution in [3.8, 4) is 0 Å². The van der Waals surface area contributed by atoms with E-state index in [1.54, 1.807) is 0 Å². The maximum atomic E-state index is 11.9. The normalized spacial score (nSPS) is 19.7. The smallest absolute Gasteiger partial charge is 0.234 e. The number of hydrogen-bond acceptors (Lipinski definition) is 4. The average Bonchev–Trinajstić information content (AvgIpc) is 3.33. The highest BCUT2D eigenvalue weighted by Crippen LogP contribution is 2.20. The number of rotatable bonds is 6. The van der Waals surface area contributed by atoms with Gasteiger partial charge in [0.1, 0.15) is 0 Å². The quantitative estimate of drug-likeness (QED) is 0.348. The van der Waals surface area contributed by atoms with Crippen LogP contribution in [0.2, 0.25) is 0 Å². The minimum absolute atomic E-state index is 0. The summed E-state index contributed by atoms with van der Waals surface area (Å²) in [7, 11) is 1.84. The Hall–Kier alpha value is -0.220. The van der Waals surface area contributed by atoms with E-state index in [1.807, 2.05) is 18.8 Å². The molecule has 1 heterocycles. The summed E-state index contributed by atoms with van der Waals surface area (Å²) >= 11 is 1.85. The lowest BCUT2D eigenvalue weighted by Gasteiger charge is -2.37. The molecule has 0 bridgehead atoms. The first-order chi connectivity index (χ1) is 10.9. The Morgan fingerprint density at radius 1 is 1.25 bits per heavy atom. The van der Waals surface area contributed by atoms with Gasteiger partial charge in [-0.05, 0) is 32.9 Å². The van der Waals surface area contributed by atoms with E-state index in [-0.39, 0.29) is 34.6 Å². The molecule has 1 aliphatic heterocycles. The molecule has 0 atom stereocenters. The van der Waals surface area contributed by atoms with Gasteiger partial charge in [-0.15, -0.1) is 24.0 Å². The molecule has 2 N–H and O–H groups in total. The molecule has 1 aliphatic carbocycles. The molecule has 1 saturated carbocycles. The zero-order chi connectivity index (χ0) is 16.9. The lowest BCUT2D eigenvalue weighted by atomic mass is 10.2. The van der Waals surface area contributed by atoms with Crippen LogP contribution in [0.15, 0.2) is 4.99 Å². The van der Waals surface area contributed by atoms with E-state index in [4.69, 9.17) is 0 Å². The first-order valence-corrected chi connectivity index (χ1v) is 9.68. The summed E-state index contributed by atoms with van der Waals surface area (Å²) in [5.74, 6) is 1.14. The number of piperazine rings is 1. The van der Waals surface area contributed by atoms with Crippen LogP contribution in [0.25, 0.3) is 0 Å². The maximum absolute atomic E-state index is 11.9. The third kappa shape index (κ3) is 7.35. The SMILES string of the molecule is CN=C(NCC(C)(C)SC)N1CCN(CC(=O)NC2CC2)CC1.I. The first kappa shape index (κ1) is 21.8. The topological polar surface area (TPSA) is 60.0 Å². The Morgan fingerprint density at radius 2 is 1.88 bits per heavy atom. The fourth-order valence-corrected chi connectivity index (χ4v) is 2.73. The van der Waals surface area contributed by atoms with Crippen molar-refractivity contribution in [3.63, 3.8) is 0 Å². The summed E-state index contributed by atoms with van der Waals surface area (Å²) in [5, 5.41) is 6.53. The van der Waals surface area contributed by atoms with Crippen LogP contribution in [-0.2, 0) is 4.79 Å². The second-order valence-electron chi connectivity index (χ2n) is 6.97. The minimum atomic E-state index is 0. The van der Waals surface area contributed by atoms with Gasteiger partial charge >= 0.3 is 0 Å². The minimum Gasteiger partial charge on any atom is -0.355 e. The molecule has 2 aliphatic rings. The van der Waals surface area contributed by atoms with Crippen LogP contribution in [0.4, 0.5) is 0 Å². The molecule has 24 heavy (non-hydrogen) atoms. The van der Waals surface area contributed by atoms with E-state index in [2.05, 4.69) is 45.5 Å². The molecule has 6 nitrogen and oxygen atoms in total. The molecule has 140 valence electrons. The van der Waals surface area contributed by atoms with E-state index < -0.39 is 0 Å².